The highest BCUT2D eigenvalue weighted by Gasteiger charge is 2.13. The van der Waals surface area contributed by atoms with E-state index in [4.69, 9.17) is 9.94 Å². The van der Waals surface area contributed by atoms with Gasteiger partial charge in [0, 0.05) is 6.42 Å². The zero-order chi connectivity index (χ0) is 11.8. The zero-order valence-corrected chi connectivity index (χ0v) is 8.80. The molecule has 1 rings (SSSR count). The standard InChI is InChI=1S/C12H13NO3/c1-2-8-16-12(14)11(13-15)9-10-6-4-3-5-7-10/h2-7,15H,1,8-9H2/b13-11+. The highest BCUT2D eigenvalue weighted by Crippen LogP contribution is 2.02. The monoisotopic (exact) mass is 219 g/mol. The Bertz CT molecular complexity index is 385. The van der Waals surface area contributed by atoms with E-state index >= 15 is 0 Å². The van der Waals surface area contributed by atoms with Gasteiger partial charge in [0.15, 0.2) is 5.71 Å². The lowest BCUT2D eigenvalue weighted by atomic mass is 10.1. The van der Waals surface area contributed by atoms with Crippen molar-refractivity contribution in [3.63, 3.8) is 0 Å². The molecule has 0 atom stereocenters. The molecule has 0 unspecified atom stereocenters. The van der Waals surface area contributed by atoms with E-state index in [1.807, 2.05) is 30.3 Å². The number of ether oxygens (including phenoxy) is 1. The van der Waals surface area contributed by atoms with Crippen LogP contribution in [-0.4, -0.2) is 23.5 Å². The average molecular weight is 219 g/mol. The second-order valence-electron chi connectivity index (χ2n) is 3.10. The van der Waals surface area contributed by atoms with E-state index in [0.717, 1.165) is 5.56 Å². The number of hydrogen-bond acceptors (Lipinski definition) is 4. The summed E-state index contributed by atoms with van der Waals surface area (Å²) in [5, 5.41) is 11.7. The average Bonchev–Trinajstić information content (AvgIpc) is 2.34. The summed E-state index contributed by atoms with van der Waals surface area (Å²) in [5.41, 5.74) is 0.860. The second-order valence-corrected chi connectivity index (χ2v) is 3.10. The van der Waals surface area contributed by atoms with Crippen LogP contribution in [0.2, 0.25) is 0 Å². The van der Waals surface area contributed by atoms with Crippen molar-refractivity contribution < 1.29 is 14.7 Å². The maximum absolute atomic E-state index is 11.4. The Morgan fingerprint density at radius 1 is 1.44 bits per heavy atom. The van der Waals surface area contributed by atoms with E-state index in [1.54, 1.807) is 0 Å². The summed E-state index contributed by atoms with van der Waals surface area (Å²) in [5.74, 6) is -0.633. The van der Waals surface area contributed by atoms with Crippen molar-refractivity contribution in [2.24, 2.45) is 5.16 Å². The predicted molar refractivity (Wildman–Crippen MR) is 60.5 cm³/mol. The Labute approximate surface area is 93.9 Å². The fraction of sp³-hybridized carbons (Fsp3) is 0.167. The van der Waals surface area contributed by atoms with Gasteiger partial charge in [0.2, 0.25) is 0 Å². The fourth-order valence-corrected chi connectivity index (χ4v) is 1.16. The number of carbonyl (C=O) groups is 1. The van der Waals surface area contributed by atoms with Crippen LogP contribution in [0.3, 0.4) is 0 Å². The van der Waals surface area contributed by atoms with Crippen LogP contribution in [0.15, 0.2) is 48.1 Å². The first kappa shape index (κ1) is 12.0. The maximum Gasteiger partial charge on any atom is 0.356 e. The minimum absolute atomic E-state index is 0.0203. The molecule has 84 valence electrons. The number of nitrogens with zero attached hydrogens (tertiary/aromatic N) is 1. The van der Waals surface area contributed by atoms with Crippen LogP contribution < -0.4 is 0 Å². The van der Waals surface area contributed by atoms with Crippen molar-refractivity contribution in [3.8, 4) is 0 Å². The summed E-state index contributed by atoms with van der Waals surface area (Å²) in [7, 11) is 0. The first-order valence-corrected chi connectivity index (χ1v) is 4.80. The van der Waals surface area contributed by atoms with Gasteiger partial charge < -0.3 is 9.94 Å². The van der Waals surface area contributed by atoms with Gasteiger partial charge in [-0.3, -0.25) is 0 Å². The summed E-state index contributed by atoms with van der Waals surface area (Å²) >= 11 is 0. The van der Waals surface area contributed by atoms with E-state index in [-0.39, 0.29) is 18.7 Å². The molecule has 0 saturated heterocycles. The molecule has 0 aliphatic rings. The Balaban J connectivity index is 2.63. The van der Waals surface area contributed by atoms with Crippen molar-refractivity contribution in [1.29, 1.82) is 0 Å². The van der Waals surface area contributed by atoms with Gasteiger partial charge in [-0.15, -0.1) is 0 Å². The molecule has 0 spiro atoms. The predicted octanol–water partition coefficient (Wildman–Crippen LogP) is 1.79. The molecule has 16 heavy (non-hydrogen) atoms. The van der Waals surface area contributed by atoms with Crippen molar-refractivity contribution in [2.75, 3.05) is 6.61 Å². The van der Waals surface area contributed by atoms with Gasteiger partial charge >= 0.3 is 5.97 Å². The Morgan fingerprint density at radius 3 is 2.69 bits per heavy atom. The molecule has 0 fully saturated rings. The van der Waals surface area contributed by atoms with Crippen molar-refractivity contribution in [1.82, 2.24) is 0 Å². The van der Waals surface area contributed by atoms with Gasteiger partial charge in [0.25, 0.3) is 0 Å². The molecule has 0 heterocycles. The third kappa shape index (κ3) is 3.57. The maximum atomic E-state index is 11.4. The highest BCUT2D eigenvalue weighted by atomic mass is 16.5. The molecule has 0 amide bonds. The van der Waals surface area contributed by atoms with E-state index in [0.29, 0.717) is 0 Å². The topological polar surface area (TPSA) is 58.9 Å². The highest BCUT2D eigenvalue weighted by molar-refractivity contribution is 6.36. The zero-order valence-electron chi connectivity index (χ0n) is 8.80. The molecule has 0 radical (unpaired) electrons. The van der Waals surface area contributed by atoms with E-state index in [1.165, 1.54) is 6.08 Å². The molecule has 4 heteroatoms. The van der Waals surface area contributed by atoms with Gasteiger partial charge in [-0.1, -0.05) is 48.1 Å². The van der Waals surface area contributed by atoms with Gasteiger partial charge in [-0.2, -0.15) is 0 Å². The molecule has 0 aliphatic carbocycles. The summed E-state index contributed by atoms with van der Waals surface area (Å²) < 4.78 is 4.77. The normalized spacial score (nSPS) is 10.9. The number of benzene rings is 1. The third-order valence-corrected chi connectivity index (χ3v) is 1.90. The lowest BCUT2D eigenvalue weighted by Gasteiger charge is -2.03. The summed E-state index contributed by atoms with van der Waals surface area (Å²) in [4.78, 5) is 11.4. The third-order valence-electron chi connectivity index (χ3n) is 1.90. The lowest BCUT2D eigenvalue weighted by molar-refractivity contribution is -0.134. The molecular weight excluding hydrogens is 206 g/mol. The first-order valence-electron chi connectivity index (χ1n) is 4.80. The van der Waals surface area contributed by atoms with Crippen LogP contribution >= 0.6 is 0 Å². The number of hydrogen-bond donors (Lipinski definition) is 1. The number of esters is 1. The van der Waals surface area contributed by atoms with Gasteiger partial charge in [-0.25, -0.2) is 4.79 Å². The van der Waals surface area contributed by atoms with Crippen LogP contribution in [0.5, 0.6) is 0 Å². The van der Waals surface area contributed by atoms with Crippen LogP contribution in [0, 0.1) is 0 Å². The van der Waals surface area contributed by atoms with Gasteiger partial charge in [0.05, 0.1) is 0 Å². The number of rotatable bonds is 5. The van der Waals surface area contributed by atoms with Crippen LogP contribution in [0.25, 0.3) is 0 Å². The van der Waals surface area contributed by atoms with E-state index < -0.39 is 5.97 Å². The van der Waals surface area contributed by atoms with Crippen molar-refractivity contribution >= 4 is 11.7 Å². The van der Waals surface area contributed by atoms with Crippen LogP contribution in [0.4, 0.5) is 0 Å². The molecular formula is C12H13NO3. The van der Waals surface area contributed by atoms with E-state index in [9.17, 15) is 4.79 Å². The molecule has 0 aliphatic heterocycles. The van der Waals surface area contributed by atoms with E-state index in [2.05, 4.69) is 11.7 Å². The summed E-state index contributed by atoms with van der Waals surface area (Å²) in [6, 6.07) is 9.24. The van der Waals surface area contributed by atoms with Crippen molar-refractivity contribution in [2.45, 2.75) is 6.42 Å². The quantitative estimate of drug-likeness (QED) is 0.270. The van der Waals surface area contributed by atoms with Crippen LogP contribution in [-0.2, 0) is 16.0 Å². The molecule has 1 N–H and O–H groups in total. The van der Waals surface area contributed by atoms with Gasteiger partial charge in [-0.05, 0) is 5.56 Å². The Hall–Kier alpha value is -2.10. The van der Waals surface area contributed by atoms with Gasteiger partial charge in [0.1, 0.15) is 6.61 Å². The SMILES string of the molecule is C=CCOC(=O)/C(Cc1ccccc1)=N/O. The number of carbonyl (C=O) groups excluding carboxylic acids is 1. The minimum Gasteiger partial charge on any atom is -0.457 e. The summed E-state index contributed by atoms with van der Waals surface area (Å²) in [6.45, 7) is 3.53. The fourth-order valence-electron chi connectivity index (χ4n) is 1.16. The molecule has 1 aromatic rings. The largest absolute Gasteiger partial charge is 0.457 e. The minimum atomic E-state index is -0.633. The molecule has 0 saturated carbocycles. The molecule has 4 nitrogen and oxygen atoms in total. The lowest BCUT2D eigenvalue weighted by Crippen LogP contribution is -2.20. The number of oxime groups is 1. The molecule has 1 aromatic carbocycles. The van der Waals surface area contributed by atoms with Crippen molar-refractivity contribution in [3.05, 3.63) is 48.6 Å². The Kier molecular flexibility index (Phi) is 4.79. The first-order chi connectivity index (χ1) is 7.77. The smallest absolute Gasteiger partial charge is 0.356 e. The summed E-state index contributed by atoms with van der Waals surface area (Å²) in [6.07, 6.45) is 1.70. The molecule has 0 bridgehead atoms. The molecule has 0 aromatic heterocycles. The van der Waals surface area contributed by atoms with Crippen LogP contribution in [0.1, 0.15) is 5.56 Å². The second kappa shape index (κ2) is 6.40. The Morgan fingerprint density at radius 2 is 2.12 bits per heavy atom.